The van der Waals surface area contributed by atoms with E-state index < -0.39 is 0 Å². The molecular weight excluding hydrogens is 422 g/mol. The van der Waals surface area contributed by atoms with E-state index in [0.717, 1.165) is 22.6 Å². The summed E-state index contributed by atoms with van der Waals surface area (Å²) < 4.78 is 25.2. The first-order chi connectivity index (χ1) is 16.2. The van der Waals surface area contributed by atoms with E-state index in [-0.39, 0.29) is 30.0 Å². The molecule has 168 valence electrons. The van der Waals surface area contributed by atoms with Gasteiger partial charge < -0.3 is 28.5 Å². The molecule has 4 heterocycles. The fourth-order valence-electron chi connectivity index (χ4n) is 4.69. The van der Waals surface area contributed by atoms with Crippen molar-refractivity contribution in [3.8, 4) is 22.6 Å². The summed E-state index contributed by atoms with van der Waals surface area (Å²) in [4.78, 5) is 19.8. The van der Waals surface area contributed by atoms with Crippen molar-refractivity contribution in [3.05, 3.63) is 77.5 Å². The first kappa shape index (κ1) is 20.2. The van der Waals surface area contributed by atoms with E-state index in [1.54, 1.807) is 7.11 Å². The standard InChI is InChI=1S/C25H23N3O5/c1-30-19-12-31-23-20(13-32-22(19)23)33-17-9-7-15(8-10-17)18-11-28(16-5-3-2-4-6-16)24-21(18)25(29)27-14-26-24/h2-11,14,19-20,22-23H,12-13H2,1H3,(H,26,27,29). The normalized spacial score (nSPS) is 24.3. The number of nitrogens with one attached hydrogen (secondary N) is 1. The summed E-state index contributed by atoms with van der Waals surface area (Å²) in [6.07, 6.45) is 2.91. The molecule has 0 radical (unpaired) electrons. The fraction of sp³-hybridized carbons (Fsp3) is 0.280. The van der Waals surface area contributed by atoms with Crippen LogP contribution in [0.4, 0.5) is 0 Å². The van der Waals surface area contributed by atoms with Gasteiger partial charge in [0.1, 0.15) is 24.1 Å². The quantitative estimate of drug-likeness (QED) is 0.508. The lowest BCUT2D eigenvalue weighted by atomic mass is 10.1. The summed E-state index contributed by atoms with van der Waals surface area (Å²) in [7, 11) is 1.67. The number of ether oxygens (including phenoxy) is 4. The van der Waals surface area contributed by atoms with E-state index in [2.05, 4.69) is 9.97 Å². The van der Waals surface area contributed by atoms with E-state index in [0.29, 0.717) is 24.2 Å². The Hall–Kier alpha value is -3.46. The Morgan fingerprint density at radius 2 is 1.73 bits per heavy atom. The Morgan fingerprint density at radius 1 is 1.00 bits per heavy atom. The van der Waals surface area contributed by atoms with Crippen LogP contribution in [0.15, 0.2) is 71.9 Å². The van der Waals surface area contributed by atoms with Crippen molar-refractivity contribution in [3.63, 3.8) is 0 Å². The summed E-state index contributed by atoms with van der Waals surface area (Å²) >= 11 is 0. The van der Waals surface area contributed by atoms with E-state index in [1.807, 2.05) is 65.4 Å². The topological polar surface area (TPSA) is 87.6 Å². The van der Waals surface area contributed by atoms with Gasteiger partial charge in [-0.3, -0.25) is 4.79 Å². The second-order valence-electron chi connectivity index (χ2n) is 8.23. The molecule has 1 N–H and O–H groups in total. The number of hydrogen-bond acceptors (Lipinski definition) is 6. The molecular formula is C25H23N3O5. The molecule has 8 nitrogen and oxygen atoms in total. The molecule has 0 bridgehead atoms. The first-order valence-corrected chi connectivity index (χ1v) is 10.9. The number of nitrogens with zero attached hydrogens (tertiary/aromatic N) is 2. The van der Waals surface area contributed by atoms with Gasteiger partial charge in [-0.25, -0.2) is 4.98 Å². The van der Waals surface area contributed by atoms with Gasteiger partial charge in [0.25, 0.3) is 5.56 Å². The van der Waals surface area contributed by atoms with Crippen molar-refractivity contribution < 1.29 is 18.9 Å². The van der Waals surface area contributed by atoms with E-state index in [9.17, 15) is 4.79 Å². The van der Waals surface area contributed by atoms with Crippen LogP contribution in [-0.2, 0) is 14.2 Å². The molecule has 8 heteroatoms. The lowest BCUT2D eigenvalue weighted by Gasteiger charge is -2.18. The van der Waals surface area contributed by atoms with Gasteiger partial charge in [-0.1, -0.05) is 30.3 Å². The second kappa shape index (κ2) is 8.15. The molecule has 2 aliphatic heterocycles. The van der Waals surface area contributed by atoms with E-state index in [4.69, 9.17) is 18.9 Å². The van der Waals surface area contributed by atoms with Gasteiger partial charge in [0.05, 0.1) is 24.9 Å². The Morgan fingerprint density at radius 3 is 2.48 bits per heavy atom. The SMILES string of the molecule is COC1COC2C(Oc3ccc(-c4cn(-c5ccccc5)c5nc[nH]c(=O)c45)cc3)COC12. The van der Waals surface area contributed by atoms with Crippen molar-refractivity contribution in [1.82, 2.24) is 14.5 Å². The molecule has 2 aromatic heterocycles. The summed E-state index contributed by atoms with van der Waals surface area (Å²) in [6.45, 7) is 0.973. The zero-order valence-electron chi connectivity index (χ0n) is 18.0. The van der Waals surface area contributed by atoms with Crippen LogP contribution in [0.3, 0.4) is 0 Å². The lowest BCUT2D eigenvalue weighted by molar-refractivity contribution is -0.0138. The van der Waals surface area contributed by atoms with Crippen LogP contribution < -0.4 is 10.3 Å². The van der Waals surface area contributed by atoms with Gasteiger partial charge in [-0.2, -0.15) is 0 Å². The molecule has 2 aromatic carbocycles. The van der Waals surface area contributed by atoms with Gasteiger partial charge in [0, 0.05) is 24.6 Å². The molecule has 2 saturated heterocycles. The maximum Gasteiger partial charge on any atom is 0.260 e. The number of aromatic amines is 1. The highest BCUT2D eigenvalue weighted by Gasteiger charge is 2.49. The van der Waals surface area contributed by atoms with Gasteiger partial charge in [-0.15, -0.1) is 0 Å². The third-order valence-corrected chi connectivity index (χ3v) is 6.34. The number of para-hydroxylation sites is 1. The first-order valence-electron chi connectivity index (χ1n) is 10.9. The predicted molar refractivity (Wildman–Crippen MR) is 122 cm³/mol. The third-order valence-electron chi connectivity index (χ3n) is 6.34. The zero-order chi connectivity index (χ0) is 22.4. The average Bonchev–Trinajstić information content (AvgIpc) is 3.55. The summed E-state index contributed by atoms with van der Waals surface area (Å²) in [6, 6.07) is 17.6. The Kier molecular flexibility index (Phi) is 4.98. The van der Waals surface area contributed by atoms with Crippen LogP contribution in [0.5, 0.6) is 5.75 Å². The highest BCUT2D eigenvalue weighted by Crippen LogP contribution is 2.33. The highest BCUT2D eigenvalue weighted by molar-refractivity contribution is 5.94. The van der Waals surface area contributed by atoms with Crippen molar-refractivity contribution >= 4 is 11.0 Å². The summed E-state index contributed by atoms with van der Waals surface area (Å²) in [5, 5.41) is 0.548. The Labute approximate surface area is 189 Å². The minimum Gasteiger partial charge on any atom is -0.485 e. The molecule has 0 aliphatic carbocycles. The molecule has 2 aliphatic rings. The summed E-state index contributed by atoms with van der Waals surface area (Å²) in [5.41, 5.74) is 3.08. The van der Waals surface area contributed by atoms with Crippen LogP contribution in [0.25, 0.3) is 27.8 Å². The minimum atomic E-state index is -0.187. The zero-order valence-corrected chi connectivity index (χ0v) is 18.0. The minimum absolute atomic E-state index is 0.0559. The molecule has 6 rings (SSSR count). The molecule has 4 unspecified atom stereocenters. The molecule has 0 spiro atoms. The molecule has 0 amide bonds. The Bertz CT molecular complexity index is 1330. The van der Waals surface area contributed by atoms with Crippen LogP contribution in [-0.4, -0.2) is 59.3 Å². The number of methoxy groups -OCH3 is 1. The number of benzene rings is 2. The van der Waals surface area contributed by atoms with Crippen LogP contribution in [0, 0.1) is 0 Å². The average molecular weight is 445 g/mol. The lowest BCUT2D eigenvalue weighted by Crippen LogP contribution is -2.35. The summed E-state index contributed by atoms with van der Waals surface area (Å²) in [5.74, 6) is 0.719. The number of hydrogen-bond donors (Lipinski definition) is 1. The predicted octanol–water partition coefficient (Wildman–Crippen LogP) is 2.94. The third kappa shape index (κ3) is 3.43. The van der Waals surface area contributed by atoms with Crippen LogP contribution in [0.2, 0.25) is 0 Å². The van der Waals surface area contributed by atoms with E-state index >= 15 is 0 Å². The van der Waals surface area contributed by atoms with Gasteiger partial charge in [0.15, 0.2) is 11.8 Å². The maximum absolute atomic E-state index is 12.7. The second-order valence-corrected chi connectivity index (χ2v) is 8.23. The molecule has 4 atom stereocenters. The van der Waals surface area contributed by atoms with Gasteiger partial charge in [0.2, 0.25) is 0 Å². The smallest absolute Gasteiger partial charge is 0.260 e. The number of H-pyrrole nitrogens is 1. The van der Waals surface area contributed by atoms with Crippen molar-refractivity contribution in [2.75, 3.05) is 20.3 Å². The largest absolute Gasteiger partial charge is 0.485 e. The van der Waals surface area contributed by atoms with E-state index in [1.165, 1.54) is 6.33 Å². The number of fused-ring (bicyclic) bond motifs is 2. The van der Waals surface area contributed by atoms with Crippen molar-refractivity contribution in [2.24, 2.45) is 0 Å². The maximum atomic E-state index is 12.7. The fourth-order valence-corrected chi connectivity index (χ4v) is 4.69. The molecule has 0 saturated carbocycles. The molecule has 4 aromatic rings. The van der Waals surface area contributed by atoms with Gasteiger partial charge in [-0.05, 0) is 29.8 Å². The number of aromatic nitrogens is 3. The Balaban J connectivity index is 1.31. The molecule has 2 fully saturated rings. The monoisotopic (exact) mass is 445 g/mol. The van der Waals surface area contributed by atoms with Crippen molar-refractivity contribution in [2.45, 2.75) is 24.4 Å². The van der Waals surface area contributed by atoms with Gasteiger partial charge >= 0.3 is 0 Å². The van der Waals surface area contributed by atoms with Crippen molar-refractivity contribution in [1.29, 1.82) is 0 Å². The van der Waals surface area contributed by atoms with Crippen LogP contribution >= 0.6 is 0 Å². The molecule has 33 heavy (non-hydrogen) atoms. The highest BCUT2D eigenvalue weighted by atomic mass is 16.6. The number of rotatable bonds is 5. The van der Waals surface area contributed by atoms with Crippen LogP contribution in [0.1, 0.15) is 0 Å².